The highest BCUT2D eigenvalue weighted by atomic mass is 16.5. The summed E-state index contributed by atoms with van der Waals surface area (Å²) in [6.45, 7) is 0.670. The van der Waals surface area contributed by atoms with Crippen LogP contribution in [0.25, 0.3) is 0 Å². The summed E-state index contributed by atoms with van der Waals surface area (Å²) >= 11 is 0. The fourth-order valence-corrected chi connectivity index (χ4v) is 6.86. The molecule has 1 N–H and O–H groups in total. The number of hydrogen-bond donors (Lipinski definition) is 1. The van der Waals surface area contributed by atoms with E-state index in [9.17, 15) is 9.90 Å². The minimum atomic E-state index is -0.0503. The van der Waals surface area contributed by atoms with Gasteiger partial charge in [-0.1, -0.05) is 0 Å². The number of aliphatic hydroxyl groups is 1. The highest BCUT2D eigenvalue weighted by molar-refractivity contribution is 5.72. The second-order valence-corrected chi connectivity index (χ2v) is 7.62. The highest BCUT2D eigenvalue weighted by Gasteiger charge is 2.69. The second-order valence-electron chi connectivity index (χ2n) is 7.62. The summed E-state index contributed by atoms with van der Waals surface area (Å²) in [5.74, 6) is 4.45. The first kappa shape index (κ1) is 10.2. The third-order valence-electron chi connectivity index (χ3n) is 7.13. The van der Waals surface area contributed by atoms with Crippen molar-refractivity contribution in [2.45, 2.75) is 38.2 Å². The van der Waals surface area contributed by atoms with E-state index in [1.807, 2.05) is 0 Å². The number of cyclic esters (lactones) is 1. The molecule has 4 bridgehead atoms. The molecular formula is C15H20O3. The van der Waals surface area contributed by atoms with Gasteiger partial charge < -0.3 is 9.84 Å². The van der Waals surface area contributed by atoms with Crippen molar-refractivity contribution >= 4 is 5.97 Å². The van der Waals surface area contributed by atoms with Crippen LogP contribution in [0, 0.1) is 40.9 Å². The molecule has 1 spiro atoms. The third-order valence-corrected chi connectivity index (χ3v) is 7.13. The molecule has 3 nitrogen and oxygen atoms in total. The van der Waals surface area contributed by atoms with E-state index in [-0.39, 0.29) is 17.5 Å². The van der Waals surface area contributed by atoms with Crippen molar-refractivity contribution in [2.75, 3.05) is 6.61 Å². The van der Waals surface area contributed by atoms with E-state index in [0.29, 0.717) is 30.8 Å². The molecule has 5 aliphatic rings. The Labute approximate surface area is 107 Å². The van der Waals surface area contributed by atoms with Gasteiger partial charge in [-0.15, -0.1) is 0 Å². The number of esters is 1. The van der Waals surface area contributed by atoms with Gasteiger partial charge in [0.1, 0.15) is 0 Å². The van der Waals surface area contributed by atoms with Gasteiger partial charge in [0, 0.05) is 5.41 Å². The Balaban J connectivity index is 1.53. The van der Waals surface area contributed by atoms with Crippen molar-refractivity contribution in [3.05, 3.63) is 0 Å². The number of rotatable bonds is 0. The highest BCUT2D eigenvalue weighted by Crippen LogP contribution is 2.73. The molecule has 5 rings (SSSR count). The van der Waals surface area contributed by atoms with Crippen molar-refractivity contribution in [2.24, 2.45) is 40.9 Å². The molecule has 0 aromatic heterocycles. The lowest BCUT2D eigenvalue weighted by molar-refractivity contribution is -0.137. The van der Waals surface area contributed by atoms with Crippen LogP contribution in [-0.2, 0) is 9.53 Å². The van der Waals surface area contributed by atoms with Crippen molar-refractivity contribution in [1.29, 1.82) is 0 Å². The van der Waals surface area contributed by atoms with Crippen LogP contribution >= 0.6 is 0 Å². The minimum absolute atomic E-state index is 0.0165. The number of hydrogen-bond acceptors (Lipinski definition) is 3. The van der Waals surface area contributed by atoms with Crippen LogP contribution in [0.3, 0.4) is 0 Å². The molecule has 3 heteroatoms. The molecule has 4 saturated carbocycles. The molecule has 5 fully saturated rings. The molecule has 1 aliphatic heterocycles. The predicted molar refractivity (Wildman–Crippen MR) is 63.4 cm³/mol. The molecule has 0 amide bonds. The number of fused-ring (bicyclic) bond motifs is 10. The topological polar surface area (TPSA) is 46.5 Å². The third kappa shape index (κ3) is 0.974. The van der Waals surface area contributed by atoms with Crippen LogP contribution < -0.4 is 0 Å². The standard InChI is InChI=1S/C15H20O3/c16-11-3-7-1-9(11)14-10-2-8(13(7)14)4-15(10)5-12(17)18-6-15/h7-11,13-14,16H,1-6H2. The second kappa shape index (κ2) is 2.95. The van der Waals surface area contributed by atoms with Crippen LogP contribution in [0.4, 0.5) is 0 Å². The van der Waals surface area contributed by atoms with E-state index in [1.54, 1.807) is 0 Å². The maximum atomic E-state index is 11.5. The zero-order valence-corrected chi connectivity index (χ0v) is 10.5. The Hall–Kier alpha value is -0.570. The van der Waals surface area contributed by atoms with Crippen LogP contribution in [0.15, 0.2) is 0 Å². The number of aliphatic hydroxyl groups excluding tert-OH is 1. The lowest BCUT2D eigenvalue weighted by atomic mass is 9.60. The van der Waals surface area contributed by atoms with Gasteiger partial charge in [-0.25, -0.2) is 0 Å². The molecule has 8 atom stereocenters. The Bertz CT molecular complexity index is 433. The average Bonchev–Trinajstić information content (AvgIpc) is 3.04. The van der Waals surface area contributed by atoms with Gasteiger partial charge in [-0.2, -0.15) is 0 Å². The largest absolute Gasteiger partial charge is 0.465 e. The van der Waals surface area contributed by atoms with Crippen LogP contribution in [0.2, 0.25) is 0 Å². The molecule has 18 heavy (non-hydrogen) atoms. The maximum Gasteiger partial charge on any atom is 0.306 e. The molecule has 0 aromatic rings. The molecule has 0 aromatic carbocycles. The van der Waals surface area contributed by atoms with Crippen LogP contribution in [-0.4, -0.2) is 23.8 Å². The molecular weight excluding hydrogens is 228 g/mol. The van der Waals surface area contributed by atoms with Gasteiger partial charge in [0.05, 0.1) is 19.1 Å². The first-order valence-corrected chi connectivity index (χ1v) is 7.52. The fraction of sp³-hybridized carbons (Fsp3) is 0.933. The molecule has 8 unspecified atom stereocenters. The number of carbonyl (C=O) groups excluding carboxylic acids is 1. The Morgan fingerprint density at radius 3 is 2.83 bits per heavy atom. The summed E-state index contributed by atoms with van der Waals surface area (Å²) in [6, 6.07) is 0. The van der Waals surface area contributed by atoms with Gasteiger partial charge in [0.2, 0.25) is 0 Å². The lowest BCUT2D eigenvalue weighted by Crippen LogP contribution is -2.43. The summed E-state index contributed by atoms with van der Waals surface area (Å²) in [7, 11) is 0. The number of carbonyl (C=O) groups is 1. The smallest absolute Gasteiger partial charge is 0.306 e. The minimum Gasteiger partial charge on any atom is -0.465 e. The molecule has 1 saturated heterocycles. The number of ether oxygens (including phenoxy) is 1. The van der Waals surface area contributed by atoms with Crippen LogP contribution in [0.5, 0.6) is 0 Å². The van der Waals surface area contributed by atoms with E-state index in [1.165, 1.54) is 19.3 Å². The van der Waals surface area contributed by atoms with Gasteiger partial charge in [0.15, 0.2) is 0 Å². The first-order valence-electron chi connectivity index (χ1n) is 7.52. The van der Waals surface area contributed by atoms with E-state index < -0.39 is 0 Å². The summed E-state index contributed by atoms with van der Waals surface area (Å²) in [5.41, 5.74) is 0.174. The Kier molecular flexibility index (Phi) is 1.68. The quantitative estimate of drug-likeness (QED) is 0.523. The van der Waals surface area contributed by atoms with E-state index in [4.69, 9.17) is 4.74 Å². The molecule has 1 heterocycles. The van der Waals surface area contributed by atoms with Crippen LogP contribution in [0.1, 0.15) is 32.1 Å². The Morgan fingerprint density at radius 2 is 2.06 bits per heavy atom. The average molecular weight is 248 g/mol. The van der Waals surface area contributed by atoms with E-state index >= 15 is 0 Å². The Morgan fingerprint density at radius 1 is 1.17 bits per heavy atom. The SMILES string of the molecule is O=C1CC2(CO1)CC1CC2C2C3CC(CC3O)C12. The fourth-order valence-electron chi connectivity index (χ4n) is 6.86. The predicted octanol–water partition coefficient (Wildman–Crippen LogP) is 1.59. The molecule has 98 valence electrons. The zero-order valence-electron chi connectivity index (χ0n) is 10.5. The van der Waals surface area contributed by atoms with Gasteiger partial charge in [-0.3, -0.25) is 4.79 Å². The van der Waals surface area contributed by atoms with Crippen molar-refractivity contribution in [3.8, 4) is 0 Å². The summed E-state index contributed by atoms with van der Waals surface area (Å²) in [4.78, 5) is 11.5. The summed E-state index contributed by atoms with van der Waals surface area (Å²) < 4.78 is 5.30. The van der Waals surface area contributed by atoms with E-state index in [2.05, 4.69) is 0 Å². The first-order chi connectivity index (χ1) is 8.68. The molecule has 4 aliphatic carbocycles. The van der Waals surface area contributed by atoms with Gasteiger partial charge in [0.25, 0.3) is 0 Å². The molecule has 0 radical (unpaired) electrons. The monoisotopic (exact) mass is 248 g/mol. The van der Waals surface area contributed by atoms with Crippen molar-refractivity contribution in [3.63, 3.8) is 0 Å². The van der Waals surface area contributed by atoms with E-state index in [0.717, 1.165) is 24.2 Å². The van der Waals surface area contributed by atoms with Gasteiger partial charge in [-0.05, 0) is 61.2 Å². The van der Waals surface area contributed by atoms with Crippen molar-refractivity contribution in [1.82, 2.24) is 0 Å². The maximum absolute atomic E-state index is 11.5. The zero-order chi connectivity index (χ0) is 12.1. The lowest BCUT2D eigenvalue weighted by Gasteiger charge is -2.44. The summed E-state index contributed by atoms with van der Waals surface area (Å²) in [6.07, 6.45) is 5.46. The van der Waals surface area contributed by atoms with Crippen molar-refractivity contribution < 1.29 is 14.6 Å². The van der Waals surface area contributed by atoms with Gasteiger partial charge >= 0.3 is 5.97 Å². The normalized spacial score (nSPS) is 63.8. The summed E-state index contributed by atoms with van der Waals surface area (Å²) in [5, 5.41) is 10.2.